The fraction of sp³-hybridized carbons (Fsp3) is 0.647. The zero-order valence-corrected chi connectivity index (χ0v) is 13.0. The highest BCUT2D eigenvalue weighted by atomic mass is 16.7. The van der Waals surface area contributed by atoms with Crippen LogP contribution in [-0.4, -0.2) is 48.6 Å². The van der Waals surface area contributed by atoms with Crippen LogP contribution in [0, 0.1) is 13.8 Å². The van der Waals surface area contributed by atoms with E-state index in [1.165, 1.54) is 11.1 Å². The van der Waals surface area contributed by atoms with Gasteiger partial charge in [0.1, 0.15) is 0 Å². The standard InChI is InChI=1S/C17H25NO3/c1-13-8-14(2)10-15(9-13)16(19)11-18-5-3-4-17(12-18)20-6-7-21-17/h8-10,16,19H,3-7,11-12H2,1-2H3. The Hall–Kier alpha value is -0.940. The number of benzene rings is 1. The minimum Gasteiger partial charge on any atom is -0.387 e. The molecule has 1 N–H and O–H groups in total. The van der Waals surface area contributed by atoms with Crippen molar-refractivity contribution in [3.8, 4) is 0 Å². The van der Waals surface area contributed by atoms with Gasteiger partial charge >= 0.3 is 0 Å². The van der Waals surface area contributed by atoms with E-state index in [2.05, 4.69) is 36.9 Å². The van der Waals surface area contributed by atoms with E-state index in [0.717, 1.165) is 31.5 Å². The van der Waals surface area contributed by atoms with E-state index in [1.807, 2.05) is 0 Å². The minimum absolute atomic E-state index is 0.416. The summed E-state index contributed by atoms with van der Waals surface area (Å²) in [6, 6.07) is 6.27. The smallest absolute Gasteiger partial charge is 0.181 e. The monoisotopic (exact) mass is 291 g/mol. The fourth-order valence-corrected chi connectivity index (χ4v) is 3.51. The number of piperidine rings is 1. The van der Waals surface area contributed by atoms with Gasteiger partial charge in [0.2, 0.25) is 0 Å². The Bertz CT molecular complexity index is 477. The van der Waals surface area contributed by atoms with Crippen molar-refractivity contribution in [1.29, 1.82) is 0 Å². The van der Waals surface area contributed by atoms with E-state index < -0.39 is 11.9 Å². The van der Waals surface area contributed by atoms with Gasteiger partial charge in [-0.15, -0.1) is 0 Å². The second-order valence-corrected chi connectivity index (χ2v) is 6.38. The molecule has 0 aliphatic carbocycles. The largest absolute Gasteiger partial charge is 0.387 e. The highest BCUT2D eigenvalue weighted by Gasteiger charge is 2.40. The van der Waals surface area contributed by atoms with Crippen LogP contribution in [0.15, 0.2) is 18.2 Å². The lowest BCUT2D eigenvalue weighted by atomic mass is 10.0. The number of rotatable bonds is 3. The lowest BCUT2D eigenvalue weighted by Gasteiger charge is -2.39. The number of hydrogen-bond donors (Lipinski definition) is 1. The van der Waals surface area contributed by atoms with Gasteiger partial charge in [-0.3, -0.25) is 4.90 Å². The molecule has 2 fully saturated rings. The van der Waals surface area contributed by atoms with Gasteiger partial charge in [-0.2, -0.15) is 0 Å². The Kier molecular flexibility index (Phi) is 4.31. The topological polar surface area (TPSA) is 41.9 Å². The first-order chi connectivity index (χ1) is 10.1. The van der Waals surface area contributed by atoms with Crippen molar-refractivity contribution in [3.05, 3.63) is 34.9 Å². The van der Waals surface area contributed by atoms with Gasteiger partial charge in [-0.1, -0.05) is 29.3 Å². The summed E-state index contributed by atoms with van der Waals surface area (Å²) in [6.45, 7) is 7.90. The van der Waals surface area contributed by atoms with E-state index in [-0.39, 0.29) is 0 Å². The molecule has 116 valence electrons. The Labute approximate surface area is 126 Å². The Balaban J connectivity index is 1.65. The molecule has 2 aliphatic heterocycles. The summed E-state index contributed by atoms with van der Waals surface area (Å²) in [5.41, 5.74) is 3.39. The summed E-state index contributed by atoms with van der Waals surface area (Å²) in [6.07, 6.45) is 1.56. The molecule has 1 aromatic carbocycles. The third-order valence-corrected chi connectivity index (χ3v) is 4.37. The van der Waals surface area contributed by atoms with Gasteiger partial charge in [0.25, 0.3) is 0 Å². The van der Waals surface area contributed by atoms with Crippen LogP contribution >= 0.6 is 0 Å². The van der Waals surface area contributed by atoms with Crippen LogP contribution in [0.25, 0.3) is 0 Å². The van der Waals surface area contributed by atoms with Gasteiger partial charge < -0.3 is 14.6 Å². The zero-order valence-electron chi connectivity index (χ0n) is 13.0. The molecule has 0 aromatic heterocycles. The summed E-state index contributed by atoms with van der Waals surface area (Å²) < 4.78 is 11.6. The average Bonchev–Trinajstić information content (AvgIpc) is 2.85. The molecule has 1 aromatic rings. The molecule has 2 aliphatic rings. The van der Waals surface area contributed by atoms with Crippen molar-refractivity contribution in [2.24, 2.45) is 0 Å². The van der Waals surface area contributed by atoms with Crippen LogP contribution in [0.1, 0.15) is 35.6 Å². The molecule has 0 amide bonds. The van der Waals surface area contributed by atoms with Crippen molar-refractivity contribution in [1.82, 2.24) is 4.90 Å². The van der Waals surface area contributed by atoms with Crippen LogP contribution in [0.3, 0.4) is 0 Å². The van der Waals surface area contributed by atoms with E-state index >= 15 is 0 Å². The number of hydrogen-bond acceptors (Lipinski definition) is 4. The second-order valence-electron chi connectivity index (χ2n) is 6.38. The Morgan fingerprint density at radius 3 is 2.52 bits per heavy atom. The van der Waals surface area contributed by atoms with Gasteiger partial charge in [-0.05, 0) is 32.4 Å². The average molecular weight is 291 g/mol. The van der Waals surface area contributed by atoms with E-state index in [1.54, 1.807) is 0 Å². The summed E-state index contributed by atoms with van der Waals surface area (Å²) in [5, 5.41) is 10.5. The minimum atomic E-state index is -0.458. The van der Waals surface area contributed by atoms with Crippen molar-refractivity contribution in [2.75, 3.05) is 32.8 Å². The second kappa shape index (κ2) is 6.05. The van der Waals surface area contributed by atoms with Gasteiger partial charge in [0, 0.05) is 13.0 Å². The molecule has 4 nitrogen and oxygen atoms in total. The number of aliphatic hydroxyl groups excluding tert-OH is 1. The molecule has 3 rings (SSSR count). The Morgan fingerprint density at radius 2 is 1.86 bits per heavy atom. The first kappa shape index (κ1) is 15.0. The summed E-state index contributed by atoms with van der Waals surface area (Å²) in [4.78, 5) is 2.26. The predicted molar refractivity (Wildman–Crippen MR) is 81.2 cm³/mol. The summed E-state index contributed by atoms with van der Waals surface area (Å²) >= 11 is 0. The maximum Gasteiger partial charge on any atom is 0.181 e. The number of aliphatic hydroxyl groups is 1. The fourth-order valence-electron chi connectivity index (χ4n) is 3.51. The van der Waals surface area contributed by atoms with Crippen molar-refractivity contribution in [3.63, 3.8) is 0 Å². The van der Waals surface area contributed by atoms with Crippen LogP contribution in [0.4, 0.5) is 0 Å². The molecular weight excluding hydrogens is 266 g/mol. The molecule has 4 heteroatoms. The normalized spacial score (nSPS) is 23.6. The van der Waals surface area contributed by atoms with Gasteiger partial charge in [-0.25, -0.2) is 0 Å². The SMILES string of the molecule is Cc1cc(C)cc(C(O)CN2CCCC3(C2)OCCO3)c1. The highest BCUT2D eigenvalue weighted by Crippen LogP contribution is 2.31. The molecular formula is C17H25NO3. The lowest BCUT2D eigenvalue weighted by molar-refractivity contribution is -0.191. The van der Waals surface area contributed by atoms with Crippen LogP contribution in [0.5, 0.6) is 0 Å². The third kappa shape index (κ3) is 3.46. The third-order valence-electron chi connectivity index (χ3n) is 4.37. The number of aryl methyl sites for hydroxylation is 2. The van der Waals surface area contributed by atoms with Crippen LogP contribution < -0.4 is 0 Å². The number of nitrogens with zero attached hydrogens (tertiary/aromatic N) is 1. The lowest BCUT2D eigenvalue weighted by Crippen LogP contribution is -2.49. The number of ether oxygens (including phenoxy) is 2. The highest BCUT2D eigenvalue weighted by molar-refractivity contribution is 5.30. The summed E-state index contributed by atoms with van der Waals surface area (Å²) in [5.74, 6) is -0.416. The number of β-amino-alcohol motifs (C(OH)–C–C–N with tert-alkyl or cyclic N) is 1. The maximum absolute atomic E-state index is 10.5. The van der Waals surface area contributed by atoms with Crippen molar-refractivity contribution in [2.45, 2.75) is 38.6 Å². The zero-order chi connectivity index (χ0) is 14.9. The van der Waals surface area contributed by atoms with Crippen LogP contribution in [-0.2, 0) is 9.47 Å². The molecule has 2 saturated heterocycles. The molecule has 0 radical (unpaired) electrons. The van der Waals surface area contributed by atoms with E-state index in [0.29, 0.717) is 19.8 Å². The molecule has 1 unspecified atom stereocenters. The maximum atomic E-state index is 10.5. The first-order valence-electron chi connectivity index (χ1n) is 7.83. The molecule has 21 heavy (non-hydrogen) atoms. The molecule has 1 atom stereocenters. The van der Waals surface area contributed by atoms with E-state index in [9.17, 15) is 5.11 Å². The first-order valence-corrected chi connectivity index (χ1v) is 7.83. The van der Waals surface area contributed by atoms with Gasteiger partial charge in [0.15, 0.2) is 5.79 Å². The van der Waals surface area contributed by atoms with Gasteiger partial charge in [0.05, 0.1) is 25.9 Å². The Morgan fingerprint density at radius 1 is 1.19 bits per heavy atom. The number of likely N-dealkylation sites (tertiary alicyclic amines) is 1. The quantitative estimate of drug-likeness (QED) is 0.927. The molecule has 1 spiro atoms. The van der Waals surface area contributed by atoms with Crippen molar-refractivity contribution >= 4 is 0 Å². The molecule has 0 saturated carbocycles. The predicted octanol–water partition coefficient (Wildman–Crippen LogP) is 2.18. The summed E-state index contributed by atoms with van der Waals surface area (Å²) in [7, 11) is 0. The molecule has 2 heterocycles. The molecule has 0 bridgehead atoms. The van der Waals surface area contributed by atoms with E-state index in [4.69, 9.17) is 9.47 Å². The van der Waals surface area contributed by atoms with Crippen LogP contribution in [0.2, 0.25) is 0 Å². The van der Waals surface area contributed by atoms with Crippen molar-refractivity contribution < 1.29 is 14.6 Å².